The van der Waals surface area contributed by atoms with E-state index >= 15 is 0 Å². The van der Waals surface area contributed by atoms with Gasteiger partial charge in [0.2, 0.25) is 0 Å². The van der Waals surface area contributed by atoms with Gasteiger partial charge in [0.05, 0.1) is 6.54 Å². The molecule has 0 aromatic heterocycles. The Kier molecular flexibility index (Phi) is 5.24. The number of hydrogen-bond donors (Lipinski definition) is 2. The van der Waals surface area contributed by atoms with Crippen LogP contribution in [0.2, 0.25) is 0 Å². The van der Waals surface area contributed by atoms with Gasteiger partial charge in [-0.05, 0) is 26.0 Å². The van der Waals surface area contributed by atoms with E-state index in [1.165, 1.54) is 0 Å². The van der Waals surface area contributed by atoms with Crippen LogP contribution in [0.5, 0.6) is 5.75 Å². The fourth-order valence-corrected chi connectivity index (χ4v) is 2.15. The summed E-state index contributed by atoms with van der Waals surface area (Å²) in [5, 5.41) is 6.06. The van der Waals surface area contributed by atoms with Crippen LogP contribution in [0.1, 0.15) is 31.9 Å². The molecule has 5 heteroatoms. The van der Waals surface area contributed by atoms with Gasteiger partial charge in [0.25, 0.3) is 0 Å². The number of amides is 1. The Hall–Kier alpha value is -1.75. The first-order valence-corrected chi connectivity index (χ1v) is 7.10. The van der Waals surface area contributed by atoms with Gasteiger partial charge in [-0.15, -0.1) is 0 Å². The first-order valence-electron chi connectivity index (χ1n) is 7.10. The standard InChI is InChI=1S/C15H22N2O3/c1-3-8-16-11(2)13-6-4-5-7-14(13)19-10-12-9-17-15(18)20-12/h4-7,11-12,16H,3,8-10H2,1-2H3,(H,17,18). The normalized spacial score (nSPS) is 19.3. The fraction of sp³-hybridized carbons (Fsp3) is 0.533. The summed E-state index contributed by atoms with van der Waals surface area (Å²) in [5.74, 6) is 0.839. The first-order chi connectivity index (χ1) is 9.70. The maximum absolute atomic E-state index is 11.0. The summed E-state index contributed by atoms with van der Waals surface area (Å²) in [5.41, 5.74) is 1.12. The van der Waals surface area contributed by atoms with Crippen molar-refractivity contribution in [3.63, 3.8) is 0 Å². The summed E-state index contributed by atoms with van der Waals surface area (Å²) in [6.45, 7) is 6.11. The number of alkyl carbamates (subject to hydrolysis) is 1. The molecule has 0 bridgehead atoms. The summed E-state index contributed by atoms with van der Waals surface area (Å²) in [6, 6.07) is 8.19. The molecular weight excluding hydrogens is 256 g/mol. The zero-order chi connectivity index (χ0) is 14.4. The van der Waals surface area contributed by atoms with Gasteiger partial charge in [-0.1, -0.05) is 25.1 Å². The van der Waals surface area contributed by atoms with Crippen LogP contribution in [0.25, 0.3) is 0 Å². The molecule has 1 aliphatic rings. The monoisotopic (exact) mass is 278 g/mol. The van der Waals surface area contributed by atoms with Crippen molar-refractivity contribution in [2.45, 2.75) is 32.4 Å². The van der Waals surface area contributed by atoms with E-state index in [-0.39, 0.29) is 18.2 Å². The number of ether oxygens (including phenoxy) is 2. The molecule has 20 heavy (non-hydrogen) atoms. The van der Waals surface area contributed by atoms with Crippen molar-refractivity contribution in [2.75, 3.05) is 19.7 Å². The predicted molar refractivity (Wildman–Crippen MR) is 76.9 cm³/mol. The highest BCUT2D eigenvalue weighted by molar-refractivity contribution is 5.69. The lowest BCUT2D eigenvalue weighted by Crippen LogP contribution is -2.24. The van der Waals surface area contributed by atoms with Gasteiger partial charge in [0, 0.05) is 11.6 Å². The topological polar surface area (TPSA) is 59.6 Å². The first kappa shape index (κ1) is 14.7. The van der Waals surface area contributed by atoms with E-state index in [1.807, 2.05) is 18.2 Å². The Morgan fingerprint density at radius 1 is 1.50 bits per heavy atom. The second-order valence-electron chi connectivity index (χ2n) is 4.93. The Labute approximate surface area is 119 Å². The van der Waals surface area contributed by atoms with Crippen LogP contribution >= 0.6 is 0 Å². The van der Waals surface area contributed by atoms with Crippen LogP contribution in [0, 0.1) is 0 Å². The van der Waals surface area contributed by atoms with Crippen molar-refractivity contribution in [1.82, 2.24) is 10.6 Å². The number of nitrogens with one attached hydrogen (secondary N) is 2. The number of hydrogen-bond acceptors (Lipinski definition) is 4. The molecule has 1 aliphatic heterocycles. The number of rotatable bonds is 7. The summed E-state index contributed by atoms with van der Waals surface area (Å²) in [4.78, 5) is 11.0. The van der Waals surface area contributed by atoms with Gasteiger partial charge < -0.3 is 20.1 Å². The summed E-state index contributed by atoms with van der Waals surface area (Å²) in [7, 11) is 0. The summed E-state index contributed by atoms with van der Waals surface area (Å²) in [6.07, 6.45) is 0.510. The SMILES string of the molecule is CCCNC(C)c1ccccc1OCC1CNC(=O)O1. The average molecular weight is 278 g/mol. The van der Waals surface area contributed by atoms with Crippen LogP contribution in [0.3, 0.4) is 0 Å². The lowest BCUT2D eigenvalue weighted by Gasteiger charge is -2.19. The van der Waals surface area contributed by atoms with E-state index < -0.39 is 0 Å². The molecule has 110 valence electrons. The van der Waals surface area contributed by atoms with E-state index in [4.69, 9.17) is 9.47 Å². The number of benzene rings is 1. The van der Waals surface area contributed by atoms with Crippen LogP contribution in [0.15, 0.2) is 24.3 Å². The van der Waals surface area contributed by atoms with Crippen LogP contribution in [-0.4, -0.2) is 31.9 Å². The van der Waals surface area contributed by atoms with Crippen molar-refractivity contribution >= 4 is 6.09 Å². The van der Waals surface area contributed by atoms with Crippen molar-refractivity contribution < 1.29 is 14.3 Å². The predicted octanol–water partition coefficient (Wildman–Crippen LogP) is 2.23. The van der Waals surface area contributed by atoms with Crippen LogP contribution in [-0.2, 0) is 4.74 Å². The van der Waals surface area contributed by atoms with E-state index in [0.29, 0.717) is 13.2 Å². The van der Waals surface area contributed by atoms with E-state index in [0.717, 1.165) is 24.3 Å². The molecule has 2 unspecified atom stereocenters. The fourth-order valence-electron chi connectivity index (χ4n) is 2.15. The largest absolute Gasteiger partial charge is 0.489 e. The minimum atomic E-state index is -0.370. The summed E-state index contributed by atoms with van der Waals surface area (Å²) < 4.78 is 10.9. The molecule has 1 amide bonds. The Morgan fingerprint density at radius 3 is 3.00 bits per heavy atom. The van der Waals surface area contributed by atoms with E-state index in [2.05, 4.69) is 30.5 Å². The Balaban J connectivity index is 1.94. The van der Waals surface area contributed by atoms with Gasteiger partial charge in [0.1, 0.15) is 12.4 Å². The van der Waals surface area contributed by atoms with Gasteiger partial charge in [-0.25, -0.2) is 4.79 Å². The minimum absolute atomic E-state index is 0.213. The molecule has 0 aliphatic carbocycles. The lowest BCUT2D eigenvalue weighted by atomic mass is 10.1. The molecular formula is C15H22N2O3. The molecule has 1 aromatic carbocycles. The molecule has 1 saturated heterocycles. The second-order valence-corrected chi connectivity index (χ2v) is 4.93. The lowest BCUT2D eigenvalue weighted by molar-refractivity contribution is 0.104. The number of carbonyl (C=O) groups excluding carboxylic acids is 1. The van der Waals surface area contributed by atoms with Crippen molar-refractivity contribution in [1.29, 1.82) is 0 Å². The van der Waals surface area contributed by atoms with Crippen molar-refractivity contribution in [3.05, 3.63) is 29.8 Å². The van der Waals surface area contributed by atoms with Crippen LogP contribution in [0.4, 0.5) is 4.79 Å². The average Bonchev–Trinajstić information content (AvgIpc) is 2.88. The highest BCUT2D eigenvalue weighted by Gasteiger charge is 2.23. The molecule has 0 saturated carbocycles. The third-order valence-corrected chi connectivity index (χ3v) is 3.26. The molecule has 1 fully saturated rings. The number of cyclic esters (lactones) is 1. The van der Waals surface area contributed by atoms with E-state index in [9.17, 15) is 4.79 Å². The molecule has 1 aromatic rings. The molecule has 2 N–H and O–H groups in total. The molecule has 0 radical (unpaired) electrons. The van der Waals surface area contributed by atoms with Crippen molar-refractivity contribution in [2.24, 2.45) is 0 Å². The Morgan fingerprint density at radius 2 is 2.30 bits per heavy atom. The maximum atomic E-state index is 11.0. The molecule has 2 rings (SSSR count). The molecule has 1 heterocycles. The third kappa shape index (κ3) is 3.87. The highest BCUT2D eigenvalue weighted by Crippen LogP contribution is 2.25. The molecule has 2 atom stereocenters. The smallest absolute Gasteiger partial charge is 0.407 e. The second kappa shape index (κ2) is 7.14. The van der Waals surface area contributed by atoms with Crippen molar-refractivity contribution in [3.8, 4) is 5.75 Å². The zero-order valence-electron chi connectivity index (χ0n) is 12.0. The van der Waals surface area contributed by atoms with Gasteiger partial charge in [-0.2, -0.15) is 0 Å². The van der Waals surface area contributed by atoms with Gasteiger partial charge in [-0.3, -0.25) is 0 Å². The van der Waals surface area contributed by atoms with Crippen LogP contribution < -0.4 is 15.4 Å². The summed E-state index contributed by atoms with van der Waals surface area (Å²) >= 11 is 0. The molecule has 0 spiro atoms. The Bertz CT molecular complexity index is 450. The maximum Gasteiger partial charge on any atom is 0.407 e. The van der Waals surface area contributed by atoms with Gasteiger partial charge in [0.15, 0.2) is 6.10 Å². The quantitative estimate of drug-likeness (QED) is 0.803. The highest BCUT2D eigenvalue weighted by atomic mass is 16.6. The zero-order valence-corrected chi connectivity index (χ0v) is 12.0. The molecule has 5 nitrogen and oxygen atoms in total. The van der Waals surface area contributed by atoms with E-state index in [1.54, 1.807) is 0 Å². The minimum Gasteiger partial charge on any atom is -0.489 e. The number of para-hydroxylation sites is 1. The number of carbonyl (C=O) groups is 1. The van der Waals surface area contributed by atoms with Gasteiger partial charge >= 0.3 is 6.09 Å². The third-order valence-electron chi connectivity index (χ3n) is 3.26.